The van der Waals surface area contributed by atoms with Crippen molar-refractivity contribution >= 4 is 21.9 Å². The van der Waals surface area contributed by atoms with E-state index in [0.29, 0.717) is 30.4 Å². The van der Waals surface area contributed by atoms with Crippen LogP contribution in [0.2, 0.25) is 0 Å². The Labute approximate surface area is 244 Å². The molecule has 0 saturated carbocycles. The number of hydrogen-bond acceptors (Lipinski definition) is 9. The van der Waals surface area contributed by atoms with E-state index in [-0.39, 0.29) is 37.1 Å². The Morgan fingerprint density at radius 1 is 1.12 bits per heavy atom. The predicted molar refractivity (Wildman–Crippen MR) is 154 cm³/mol. The number of H-pyrrole nitrogens is 1. The number of aromatic amines is 1. The smallest absolute Gasteiger partial charge is 0.404 e. The first-order valence-electron chi connectivity index (χ1n) is 13.6. The number of aliphatic hydroxyl groups is 1. The average Bonchev–Trinajstić information content (AvgIpc) is 3.64. The molecule has 13 nitrogen and oxygen atoms in total. The molecule has 1 aliphatic rings. The van der Waals surface area contributed by atoms with Crippen LogP contribution in [0.15, 0.2) is 59.6 Å². The number of rotatable bonds is 16. The van der Waals surface area contributed by atoms with Gasteiger partial charge >= 0.3 is 6.09 Å². The second kappa shape index (κ2) is 14.2. The number of ether oxygens (including phenoxy) is 3. The number of anilines is 1. The maximum atomic E-state index is 13.6. The summed E-state index contributed by atoms with van der Waals surface area (Å²) in [5.74, 6) is 2.21. The second-order valence-electron chi connectivity index (χ2n) is 10.3. The van der Waals surface area contributed by atoms with Gasteiger partial charge < -0.3 is 35.1 Å². The number of aromatic nitrogens is 2. The summed E-state index contributed by atoms with van der Waals surface area (Å²) in [6.07, 6.45) is -0.0828. The summed E-state index contributed by atoms with van der Waals surface area (Å²) in [5.41, 5.74) is 0.745. The Balaban J connectivity index is 1.38. The molecule has 1 aromatic heterocycles. The fourth-order valence-electron chi connectivity index (χ4n) is 4.46. The third kappa shape index (κ3) is 8.50. The van der Waals surface area contributed by atoms with Gasteiger partial charge in [-0.1, -0.05) is 26.0 Å². The monoisotopic (exact) mass is 603 g/mol. The molecule has 4 rings (SSSR count). The normalized spacial score (nSPS) is 14.1. The van der Waals surface area contributed by atoms with Crippen molar-refractivity contribution in [2.75, 3.05) is 38.4 Å². The van der Waals surface area contributed by atoms with Gasteiger partial charge in [-0.15, -0.1) is 0 Å². The number of carbonyl (C=O) groups is 1. The van der Waals surface area contributed by atoms with E-state index >= 15 is 0 Å². The SMILES string of the molecule is CC(C)CN(C[C@H](O)[C@H](Cc1ccc(OCCCNc2ccn[nH]2)cc1)NC(=O)O)S(=O)(=O)c1ccc2c(c1)OCO2. The van der Waals surface area contributed by atoms with Crippen molar-refractivity contribution in [3.05, 3.63) is 60.3 Å². The topological polar surface area (TPSA) is 175 Å². The zero-order valence-electron chi connectivity index (χ0n) is 23.5. The third-order valence-corrected chi connectivity index (χ3v) is 8.33. The molecule has 2 atom stereocenters. The number of nitrogens with zero attached hydrogens (tertiary/aromatic N) is 2. The summed E-state index contributed by atoms with van der Waals surface area (Å²) in [6, 6.07) is 12.3. The van der Waals surface area contributed by atoms with Gasteiger partial charge in [0.15, 0.2) is 11.5 Å². The number of hydrogen-bond donors (Lipinski definition) is 5. The maximum absolute atomic E-state index is 13.6. The molecule has 42 heavy (non-hydrogen) atoms. The molecule has 0 saturated heterocycles. The molecule has 1 aliphatic heterocycles. The average molecular weight is 604 g/mol. The molecular formula is C28H37N5O8S. The van der Waals surface area contributed by atoms with Crippen molar-refractivity contribution in [1.82, 2.24) is 19.8 Å². The van der Waals surface area contributed by atoms with E-state index in [1.807, 2.05) is 19.9 Å². The molecular weight excluding hydrogens is 566 g/mol. The van der Waals surface area contributed by atoms with Crippen LogP contribution in [0.25, 0.3) is 0 Å². The number of carboxylic acid groups (broad SMARTS) is 1. The number of amides is 1. The Bertz CT molecular complexity index is 1400. The summed E-state index contributed by atoms with van der Waals surface area (Å²) in [5, 5.41) is 32.8. The highest BCUT2D eigenvalue weighted by atomic mass is 32.2. The van der Waals surface area contributed by atoms with Gasteiger partial charge in [0.05, 0.1) is 29.8 Å². The lowest BCUT2D eigenvalue weighted by atomic mass is 10.0. The zero-order chi connectivity index (χ0) is 30.1. The first-order valence-corrected chi connectivity index (χ1v) is 15.1. The molecule has 0 spiro atoms. The van der Waals surface area contributed by atoms with Gasteiger partial charge in [-0.05, 0) is 54.7 Å². The highest BCUT2D eigenvalue weighted by Gasteiger charge is 2.32. The standard InChI is InChI=1S/C28H37N5O8S/c1-19(2)16-33(42(37,38)22-8-9-25-26(15-22)41-18-40-25)17-24(34)23(31-28(35)36)14-20-4-6-21(7-5-20)39-13-3-11-29-27-10-12-30-32-27/h4-10,12,15,19,23-24,31,34H,3,11,13-14,16-18H2,1-2H3,(H,35,36)(H2,29,30,32)/t23-,24-/m0/s1. The van der Waals surface area contributed by atoms with E-state index in [4.69, 9.17) is 14.2 Å². The molecule has 5 N–H and O–H groups in total. The van der Waals surface area contributed by atoms with Crippen molar-refractivity contribution < 1.29 is 37.6 Å². The quantitative estimate of drug-likeness (QED) is 0.153. The minimum Gasteiger partial charge on any atom is -0.494 e. The molecule has 0 fully saturated rings. The lowest BCUT2D eigenvalue weighted by molar-refractivity contribution is 0.0980. The molecule has 228 valence electrons. The molecule has 3 aromatic rings. The van der Waals surface area contributed by atoms with Crippen molar-refractivity contribution in [3.63, 3.8) is 0 Å². The highest BCUT2D eigenvalue weighted by Crippen LogP contribution is 2.35. The fraction of sp³-hybridized carbons (Fsp3) is 0.429. The molecule has 0 aliphatic carbocycles. The number of fused-ring (bicyclic) bond motifs is 1. The Morgan fingerprint density at radius 3 is 2.57 bits per heavy atom. The van der Waals surface area contributed by atoms with Crippen LogP contribution >= 0.6 is 0 Å². The van der Waals surface area contributed by atoms with Crippen LogP contribution in [-0.2, 0) is 16.4 Å². The van der Waals surface area contributed by atoms with E-state index in [1.54, 1.807) is 30.5 Å². The second-order valence-corrected chi connectivity index (χ2v) is 12.2. The number of sulfonamides is 1. The van der Waals surface area contributed by atoms with Crippen LogP contribution in [0, 0.1) is 5.92 Å². The Morgan fingerprint density at radius 2 is 1.88 bits per heavy atom. The van der Waals surface area contributed by atoms with Gasteiger partial charge in [-0.25, -0.2) is 13.2 Å². The summed E-state index contributed by atoms with van der Waals surface area (Å²) >= 11 is 0. The van der Waals surface area contributed by atoms with Crippen molar-refractivity contribution in [3.8, 4) is 17.2 Å². The van der Waals surface area contributed by atoms with E-state index in [0.717, 1.165) is 17.8 Å². The lowest BCUT2D eigenvalue weighted by Crippen LogP contribution is -2.50. The summed E-state index contributed by atoms with van der Waals surface area (Å²) in [7, 11) is -4.04. The Kier molecular flexibility index (Phi) is 10.5. The lowest BCUT2D eigenvalue weighted by Gasteiger charge is -2.30. The number of benzene rings is 2. The summed E-state index contributed by atoms with van der Waals surface area (Å²) in [6.45, 7) is 4.74. The number of nitrogens with one attached hydrogen (secondary N) is 3. The van der Waals surface area contributed by atoms with Crippen LogP contribution < -0.4 is 24.8 Å². The molecule has 0 unspecified atom stereocenters. The van der Waals surface area contributed by atoms with E-state index < -0.39 is 28.3 Å². The predicted octanol–water partition coefficient (Wildman–Crippen LogP) is 2.91. The van der Waals surface area contributed by atoms with E-state index in [1.165, 1.54) is 22.5 Å². The van der Waals surface area contributed by atoms with E-state index in [2.05, 4.69) is 20.8 Å². The molecule has 1 amide bonds. The first kappa shape index (κ1) is 30.9. The van der Waals surface area contributed by atoms with E-state index in [9.17, 15) is 23.4 Å². The molecule has 2 heterocycles. The van der Waals surface area contributed by atoms with Crippen LogP contribution in [0.1, 0.15) is 25.8 Å². The molecule has 0 bridgehead atoms. The summed E-state index contributed by atoms with van der Waals surface area (Å²) in [4.78, 5) is 11.6. The minimum atomic E-state index is -4.04. The van der Waals surface area contributed by atoms with Crippen LogP contribution in [0.5, 0.6) is 17.2 Å². The third-order valence-electron chi connectivity index (χ3n) is 6.50. The molecule has 0 radical (unpaired) electrons. The van der Waals surface area contributed by atoms with Crippen molar-refractivity contribution in [1.29, 1.82) is 0 Å². The van der Waals surface area contributed by atoms with Gasteiger partial charge in [-0.2, -0.15) is 9.40 Å². The van der Waals surface area contributed by atoms with Crippen LogP contribution in [0.3, 0.4) is 0 Å². The van der Waals surface area contributed by atoms with Crippen LogP contribution in [-0.4, -0.2) is 84.4 Å². The van der Waals surface area contributed by atoms with Gasteiger partial charge in [0, 0.05) is 25.7 Å². The van der Waals surface area contributed by atoms with Gasteiger partial charge in [0.1, 0.15) is 11.6 Å². The van der Waals surface area contributed by atoms with Gasteiger partial charge in [-0.3, -0.25) is 5.10 Å². The Hall–Kier alpha value is -4.01. The highest BCUT2D eigenvalue weighted by molar-refractivity contribution is 7.89. The van der Waals surface area contributed by atoms with Crippen molar-refractivity contribution in [2.24, 2.45) is 5.92 Å². The fourth-order valence-corrected chi connectivity index (χ4v) is 6.09. The van der Waals surface area contributed by atoms with Gasteiger partial charge in [0.25, 0.3) is 0 Å². The number of aliphatic hydroxyl groups excluding tert-OH is 1. The largest absolute Gasteiger partial charge is 0.494 e. The molecule has 14 heteroatoms. The van der Waals surface area contributed by atoms with Gasteiger partial charge in [0.2, 0.25) is 16.8 Å². The first-order chi connectivity index (χ1) is 20.1. The van der Waals surface area contributed by atoms with Crippen LogP contribution in [0.4, 0.5) is 10.6 Å². The zero-order valence-corrected chi connectivity index (χ0v) is 24.3. The maximum Gasteiger partial charge on any atom is 0.404 e. The molecule has 2 aromatic carbocycles. The van der Waals surface area contributed by atoms with Crippen molar-refractivity contribution in [2.45, 2.75) is 43.7 Å². The summed E-state index contributed by atoms with van der Waals surface area (Å²) < 4.78 is 44.8. The minimum absolute atomic E-state index is 0.00461.